The van der Waals surface area contributed by atoms with Crippen molar-refractivity contribution in [3.63, 3.8) is 0 Å². The molecule has 1 heterocycles. The van der Waals surface area contributed by atoms with Crippen molar-refractivity contribution in [2.24, 2.45) is 5.92 Å². The van der Waals surface area contributed by atoms with E-state index in [1.165, 1.54) is 0 Å². The van der Waals surface area contributed by atoms with Gasteiger partial charge in [-0.2, -0.15) is 0 Å². The first-order chi connectivity index (χ1) is 6.69. The molecule has 0 aromatic heterocycles. The van der Waals surface area contributed by atoms with Crippen molar-refractivity contribution in [3.8, 4) is 0 Å². The number of aliphatic hydroxyl groups excluding tert-OH is 1. The summed E-state index contributed by atoms with van der Waals surface area (Å²) in [5.74, 6) is 0.330. The van der Waals surface area contributed by atoms with E-state index in [2.05, 4.69) is 25.7 Å². The van der Waals surface area contributed by atoms with Crippen LogP contribution in [0.5, 0.6) is 0 Å². The van der Waals surface area contributed by atoms with Crippen molar-refractivity contribution in [3.05, 3.63) is 0 Å². The second kappa shape index (κ2) is 5.69. The molecule has 1 N–H and O–H groups in total. The van der Waals surface area contributed by atoms with E-state index >= 15 is 0 Å². The van der Waals surface area contributed by atoms with E-state index in [-0.39, 0.29) is 12.2 Å². The molecule has 3 heteroatoms. The summed E-state index contributed by atoms with van der Waals surface area (Å²) in [6.07, 6.45) is 0.709. The molecular weight excluding hydrogens is 178 g/mol. The molecule has 3 unspecified atom stereocenters. The zero-order valence-corrected chi connectivity index (χ0v) is 9.57. The van der Waals surface area contributed by atoms with E-state index in [1.54, 1.807) is 0 Å². The van der Waals surface area contributed by atoms with Gasteiger partial charge in [-0.3, -0.25) is 4.90 Å². The number of nitrogens with zero attached hydrogens (tertiary/aromatic N) is 1. The summed E-state index contributed by atoms with van der Waals surface area (Å²) in [4.78, 5) is 2.33. The van der Waals surface area contributed by atoms with Crippen molar-refractivity contribution < 1.29 is 9.84 Å². The van der Waals surface area contributed by atoms with E-state index in [9.17, 15) is 5.11 Å². The normalized spacial score (nSPS) is 28.7. The van der Waals surface area contributed by atoms with Gasteiger partial charge in [0.2, 0.25) is 0 Å². The first-order valence-electron chi connectivity index (χ1n) is 5.71. The minimum absolute atomic E-state index is 0.0126. The molecule has 1 saturated heterocycles. The summed E-state index contributed by atoms with van der Waals surface area (Å²) < 4.78 is 5.60. The predicted octanol–water partition coefficient (Wildman–Crippen LogP) is 1.11. The molecule has 1 rings (SSSR count). The lowest BCUT2D eigenvalue weighted by atomic mass is 9.96. The Hall–Kier alpha value is -0.120. The van der Waals surface area contributed by atoms with Crippen molar-refractivity contribution >= 4 is 0 Å². The topological polar surface area (TPSA) is 32.7 Å². The lowest BCUT2D eigenvalue weighted by Crippen LogP contribution is -2.49. The van der Waals surface area contributed by atoms with Crippen LogP contribution < -0.4 is 0 Å². The SMILES string of the molecule is CCC(C)C(O)C1CN(CC)CCO1. The van der Waals surface area contributed by atoms with Crippen LogP contribution in [0.3, 0.4) is 0 Å². The first-order valence-corrected chi connectivity index (χ1v) is 5.71. The molecule has 0 spiro atoms. The number of ether oxygens (including phenoxy) is 1. The van der Waals surface area contributed by atoms with Gasteiger partial charge in [0.1, 0.15) is 0 Å². The lowest BCUT2D eigenvalue weighted by Gasteiger charge is -2.36. The average Bonchev–Trinajstić information content (AvgIpc) is 2.27. The van der Waals surface area contributed by atoms with E-state index in [1.807, 2.05) is 0 Å². The largest absolute Gasteiger partial charge is 0.390 e. The highest BCUT2D eigenvalue weighted by Crippen LogP contribution is 2.17. The maximum atomic E-state index is 10.0. The summed E-state index contributed by atoms with van der Waals surface area (Å²) in [5.41, 5.74) is 0. The minimum atomic E-state index is -0.311. The molecule has 0 aromatic rings. The van der Waals surface area contributed by atoms with E-state index in [0.29, 0.717) is 5.92 Å². The molecular formula is C11H23NO2. The number of likely N-dealkylation sites (N-methyl/N-ethyl adjacent to an activating group) is 1. The van der Waals surface area contributed by atoms with Crippen LogP contribution in [-0.4, -0.2) is 48.5 Å². The summed E-state index contributed by atoms with van der Waals surface area (Å²) in [5, 5.41) is 10.0. The van der Waals surface area contributed by atoms with Crippen LogP contribution in [0, 0.1) is 5.92 Å². The standard InChI is InChI=1S/C11H23NO2/c1-4-9(3)11(13)10-8-12(5-2)6-7-14-10/h9-11,13H,4-8H2,1-3H3. The minimum Gasteiger partial charge on any atom is -0.390 e. The second-order valence-electron chi connectivity index (χ2n) is 4.18. The number of morpholine rings is 1. The van der Waals surface area contributed by atoms with Gasteiger partial charge in [0.25, 0.3) is 0 Å². The Morgan fingerprint density at radius 2 is 2.21 bits per heavy atom. The van der Waals surface area contributed by atoms with Crippen LogP contribution in [0.1, 0.15) is 27.2 Å². The Bertz CT molecular complexity index is 161. The number of hydrogen-bond donors (Lipinski definition) is 1. The third-order valence-corrected chi connectivity index (χ3v) is 3.23. The molecule has 0 aromatic carbocycles. The highest BCUT2D eigenvalue weighted by atomic mass is 16.5. The molecule has 1 fully saturated rings. The van der Waals surface area contributed by atoms with E-state index in [4.69, 9.17) is 4.74 Å². The number of hydrogen-bond acceptors (Lipinski definition) is 3. The van der Waals surface area contributed by atoms with E-state index < -0.39 is 0 Å². The maximum absolute atomic E-state index is 10.0. The summed E-state index contributed by atoms with van der Waals surface area (Å²) in [7, 11) is 0. The lowest BCUT2D eigenvalue weighted by molar-refractivity contribution is -0.103. The van der Waals surface area contributed by atoms with E-state index in [0.717, 1.165) is 32.7 Å². The molecule has 3 atom stereocenters. The zero-order valence-electron chi connectivity index (χ0n) is 9.57. The average molecular weight is 201 g/mol. The predicted molar refractivity (Wildman–Crippen MR) is 57.3 cm³/mol. The van der Waals surface area contributed by atoms with Gasteiger partial charge in [0, 0.05) is 13.1 Å². The van der Waals surface area contributed by atoms with Crippen molar-refractivity contribution in [1.29, 1.82) is 0 Å². The quantitative estimate of drug-likeness (QED) is 0.739. The molecule has 0 bridgehead atoms. The van der Waals surface area contributed by atoms with Gasteiger partial charge in [-0.05, 0) is 12.5 Å². The third kappa shape index (κ3) is 2.94. The second-order valence-corrected chi connectivity index (χ2v) is 4.18. The van der Waals surface area contributed by atoms with Crippen LogP contribution >= 0.6 is 0 Å². The molecule has 0 saturated carbocycles. The van der Waals surface area contributed by atoms with Gasteiger partial charge in [0.15, 0.2) is 0 Å². The van der Waals surface area contributed by atoms with Gasteiger partial charge in [-0.25, -0.2) is 0 Å². The Morgan fingerprint density at radius 3 is 2.79 bits per heavy atom. The van der Waals surface area contributed by atoms with Gasteiger partial charge in [-0.15, -0.1) is 0 Å². The fraction of sp³-hybridized carbons (Fsp3) is 1.00. The molecule has 0 aliphatic carbocycles. The Morgan fingerprint density at radius 1 is 1.50 bits per heavy atom. The van der Waals surface area contributed by atoms with Gasteiger partial charge < -0.3 is 9.84 Å². The van der Waals surface area contributed by atoms with Crippen LogP contribution in [0.15, 0.2) is 0 Å². The van der Waals surface area contributed by atoms with Crippen LogP contribution in [0.4, 0.5) is 0 Å². The Kier molecular flexibility index (Phi) is 4.85. The van der Waals surface area contributed by atoms with Crippen molar-refractivity contribution in [2.45, 2.75) is 39.4 Å². The molecule has 14 heavy (non-hydrogen) atoms. The third-order valence-electron chi connectivity index (χ3n) is 3.23. The van der Waals surface area contributed by atoms with Crippen LogP contribution in [-0.2, 0) is 4.74 Å². The molecule has 1 aliphatic heterocycles. The van der Waals surface area contributed by atoms with Gasteiger partial charge in [-0.1, -0.05) is 27.2 Å². The summed E-state index contributed by atoms with van der Waals surface area (Å²) in [6, 6.07) is 0. The van der Waals surface area contributed by atoms with Gasteiger partial charge >= 0.3 is 0 Å². The summed E-state index contributed by atoms with van der Waals surface area (Å²) in [6.45, 7) is 10.0. The molecule has 3 nitrogen and oxygen atoms in total. The highest BCUT2D eigenvalue weighted by Gasteiger charge is 2.28. The van der Waals surface area contributed by atoms with Crippen LogP contribution in [0.25, 0.3) is 0 Å². The Balaban J connectivity index is 2.42. The Labute approximate surface area is 87.1 Å². The number of aliphatic hydroxyl groups is 1. The van der Waals surface area contributed by atoms with Crippen molar-refractivity contribution in [2.75, 3.05) is 26.2 Å². The van der Waals surface area contributed by atoms with Gasteiger partial charge in [0.05, 0.1) is 18.8 Å². The van der Waals surface area contributed by atoms with Crippen molar-refractivity contribution in [1.82, 2.24) is 4.90 Å². The molecule has 84 valence electrons. The number of rotatable bonds is 4. The smallest absolute Gasteiger partial charge is 0.0963 e. The molecule has 0 radical (unpaired) electrons. The fourth-order valence-corrected chi connectivity index (χ4v) is 1.83. The monoisotopic (exact) mass is 201 g/mol. The molecule has 1 aliphatic rings. The zero-order chi connectivity index (χ0) is 10.6. The summed E-state index contributed by atoms with van der Waals surface area (Å²) >= 11 is 0. The fourth-order valence-electron chi connectivity index (χ4n) is 1.83. The van der Waals surface area contributed by atoms with Crippen LogP contribution in [0.2, 0.25) is 0 Å². The highest BCUT2D eigenvalue weighted by molar-refractivity contribution is 4.79. The maximum Gasteiger partial charge on any atom is 0.0963 e. The first kappa shape index (κ1) is 12.0. The molecule has 0 amide bonds.